The molecular weight excluding hydrogens is 822 g/mol. The molecule has 0 aliphatic carbocycles. The Bertz CT molecular complexity index is 1530. The zero-order chi connectivity index (χ0) is 45.7. The Morgan fingerprint density at radius 3 is 1.70 bits per heavy atom. The summed E-state index contributed by atoms with van der Waals surface area (Å²) >= 11 is 0. The number of nitrogens with zero attached hydrogens (tertiary/aromatic N) is 1. The molecule has 0 spiro atoms. The van der Waals surface area contributed by atoms with Gasteiger partial charge in [-0.25, -0.2) is 0 Å². The van der Waals surface area contributed by atoms with Crippen molar-refractivity contribution in [1.82, 2.24) is 15.5 Å². The minimum atomic E-state index is -2.23. The fourth-order valence-electron chi connectivity index (χ4n) is 7.70. The van der Waals surface area contributed by atoms with Crippen LogP contribution in [0.2, 0.25) is 0 Å². The molecule has 0 unspecified atom stereocenters. The van der Waals surface area contributed by atoms with E-state index in [0.717, 1.165) is 49.1 Å². The van der Waals surface area contributed by atoms with E-state index < -0.39 is 63.5 Å². The summed E-state index contributed by atoms with van der Waals surface area (Å²) in [6.07, 6.45) is 14.1. The Labute approximate surface area is 378 Å². The van der Waals surface area contributed by atoms with Gasteiger partial charge in [0.05, 0.1) is 21.3 Å². The van der Waals surface area contributed by atoms with Crippen molar-refractivity contribution in [2.45, 2.75) is 180 Å². The van der Waals surface area contributed by atoms with E-state index in [1.165, 1.54) is 69.1 Å². The smallest absolute Gasteiger partial charge is 0.325 e. The number of amides is 3. The lowest BCUT2D eigenvalue weighted by Gasteiger charge is -2.52. The summed E-state index contributed by atoms with van der Waals surface area (Å²) in [6, 6.07) is 18.6. The number of ether oxygens (including phenoxy) is 3. The number of unbranched alkanes of at least 4 members (excludes halogenated alkanes) is 16. The predicted octanol–water partition coefficient (Wildman–Crippen LogP) is 7.31. The van der Waals surface area contributed by atoms with Crippen molar-refractivity contribution in [2.75, 3.05) is 33.4 Å². The number of benzene rings is 2. The number of nitrogens with one attached hydrogen (secondary N) is 2. The molecule has 3 rings (SSSR count). The van der Waals surface area contributed by atoms with E-state index >= 15 is 0 Å². The molecule has 0 radical (unpaired) electrons. The zero-order valence-electron chi connectivity index (χ0n) is 38.6. The Kier molecular flexibility index (Phi) is 26.9. The Balaban J connectivity index is 1.85. The van der Waals surface area contributed by atoms with Gasteiger partial charge in [-0.1, -0.05) is 177 Å². The van der Waals surface area contributed by atoms with Crippen LogP contribution in [0.1, 0.15) is 149 Å². The van der Waals surface area contributed by atoms with Crippen LogP contribution in [-0.4, -0.2) is 102 Å². The summed E-state index contributed by atoms with van der Waals surface area (Å²) in [7, 11) is -0.306. The first-order valence-corrected chi connectivity index (χ1v) is 25.0. The first-order chi connectivity index (χ1) is 30.6. The van der Waals surface area contributed by atoms with Crippen molar-refractivity contribution in [3.8, 4) is 0 Å². The lowest BCUT2D eigenvalue weighted by Crippen LogP contribution is -2.76. The number of aliphatic hydroxyl groups is 2. The van der Waals surface area contributed by atoms with Crippen LogP contribution < -0.4 is 21.2 Å². The van der Waals surface area contributed by atoms with Crippen LogP contribution in [0.3, 0.4) is 0 Å². The van der Waals surface area contributed by atoms with E-state index in [-0.39, 0.29) is 37.8 Å². The van der Waals surface area contributed by atoms with Gasteiger partial charge in [0.25, 0.3) is 0 Å². The molecule has 13 nitrogen and oxygen atoms in total. The third kappa shape index (κ3) is 19.3. The van der Waals surface area contributed by atoms with Crippen molar-refractivity contribution >= 4 is 42.4 Å². The lowest BCUT2D eigenvalue weighted by atomic mass is 9.92. The highest BCUT2D eigenvalue weighted by Crippen LogP contribution is 2.46. The molecule has 14 heteroatoms. The van der Waals surface area contributed by atoms with Crippen LogP contribution in [0.4, 0.5) is 0 Å². The van der Waals surface area contributed by atoms with Crippen molar-refractivity contribution in [2.24, 2.45) is 0 Å². The van der Waals surface area contributed by atoms with E-state index in [9.17, 15) is 29.4 Å². The van der Waals surface area contributed by atoms with Crippen LogP contribution in [0.15, 0.2) is 60.7 Å². The maximum absolute atomic E-state index is 14.3. The predicted molar refractivity (Wildman–Crippen MR) is 249 cm³/mol. The van der Waals surface area contributed by atoms with Crippen LogP contribution in [0.25, 0.3) is 0 Å². The van der Waals surface area contributed by atoms with Crippen LogP contribution in [0, 0.1) is 0 Å². The number of carbonyl (C=O) groups is 4. The molecule has 1 saturated heterocycles. The highest BCUT2D eigenvalue weighted by atomic mass is 31.1. The van der Waals surface area contributed by atoms with E-state index in [0.29, 0.717) is 12.8 Å². The van der Waals surface area contributed by atoms with Crippen molar-refractivity contribution in [3.63, 3.8) is 0 Å². The number of hydrogen-bond acceptors (Lipinski definition) is 10. The average molecular weight is 900 g/mol. The molecule has 0 saturated carbocycles. The van der Waals surface area contributed by atoms with Gasteiger partial charge in [-0.3, -0.25) is 19.2 Å². The highest BCUT2D eigenvalue weighted by Gasteiger charge is 2.62. The fraction of sp³-hybridized carbons (Fsp3) is 0.673. The topological polar surface area (TPSA) is 173 Å². The molecule has 1 aliphatic heterocycles. The lowest BCUT2D eigenvalue weighted by molar-refractivity contribution is -0.339. The van der Waals surface area contributed by atoms with Gasteiger partial charge in [-0.15, -0.1) is 0 Å². The molecule has 0 bridgehead atoms. The zero-order valence-corrected chi connectivity index (χ0v) is 39.5. The maximum Gasteiger partial charge on any atom is 0.325 e. The molecule has 0 aromatic heterocycles. The number of esters is 1. The highest BCUT2D eigenvalue weighted by molar-refractivity contribution is 7.68. The Morgan fingerprint density at radius 1 is 0.714 bits per heavy atom. The van der Waals surface area contributed by atoms with E-state index in [1.54, 1.807) is 14.0 Å². The monoisotopic (exact) mass is 900 g/mol. The summed E-state index contributed by atoms with van der Waals surface area (Å²) in [5, 5.41) is 29.2. The second kappa shape index (κ2) is 31.4. The first kappa shape index (κ1) is 53.9. The van der Waals surface area contributed by atoms with Crippen LogP contribution in [-0.2, 0) is 37.9 Å². The Hall–Kier alpha value is -3.45. The number of aliphatic hydroxyl groups excluding tert-OH is 2. The van der Waals surface area contributed by atoms with E-state index in [1.807, 2.05) is 60.7 Å². The molecule has 4 N–H and O–H groups in total. The fourth-order valence-corrected chi connectivity index (χ4v) is 9.64. The number of rotatable bonds is 33. The average Bonchev–Trinajstić information content (AvgIpc) is 3.29. The summed E-state index contributed by atoms with van der Waals surface area (Å²) in [5.41, 5.74) is -2.23. The Morgan fingerprint density at radius 2 is 1.21 bits per heavy atom. The molecule has 63 heavy (non-hydrogen) atoms. The SMILES string of the molecule is CCCCCCCCCCCC(=O)NCC(=O)O[C@H]1[C@H](O)[C@@H](CO)O[C@H](OCC)[C@]1(NC(=O)CN(C)C(=O)CCCCCCCCCCC)OP(c1ccccc1)c1ccccc1. The molecule has 1 fully saturated rings. The van der Waals surface area contributed by atoms with Gasteiger partial charge in [-0.05, 0) is 19.8 Å². The molecule has 2 aromatic rings. The number of hydrogen-bond donors (Lipinski definition) is 4. The van der Waals surface area contributed by atoms with Gasteiger partial charge < -0.3 is 44.5 Å². The van der Waals surface area contributed by atoms with Crippen molar-refractivity contribution < 1.29 is 48.1 Å². The second-order valence-corrected chi connectivity index (χ2v) is 18.4. The second-order valence-electron chi connectivity index (χ2n) is 16.6. The van der Waals surface area contributed by atoms with Crippen molar-refractivity contribution in [1.29, 1.82) is 0 Å². The van der Waals surface area contributed by atoms with Gasteiger partial charge >= 0.3 is 5.97 Å². The first-order valence-electron chi connectivity index (χ1n) is 23.8. The van der Waals surface area contributed by atoms with Gasteiger partial charge in [0, 0.05) is 37.1 Å². The molecular formula is C49H78N3O10P. The van der Waals surface area contributed by atoms with E-state index in [2.05, 4.69) is 24.5 Å². The largest absolute Gasteiger partial charge is 0.453 e. The number of carbonyl (C=O) groups excluding carboxylic acids is 4. The third-order valence-corrected chi connectivity index (χ3v) is 13.3. The molecule has 1 aliphatic rings. The van der Waals surface area contributed by atoms with Gasteiger partial charge in [0.1, 0.15) is 18.8 Å². The maximum atomic E-state index is 14.3. The minimum Gasteiger partial charge on any atom is -0.453 e. The summed E-state index contributed by atoms with van der Waals surface area (Å²) in [6.45, 7) is 4.57. The molecule has 354 valence electrons. The minimum absolute atomic E-state index is 0.0429. The van der Waals surface area contributed by atoms with Crippen LogP contribution in [0.5, 0.6) is 0 Å². The standard InChI is InChI=1S/C49H78N3O10P/c1-5-8-10-12-14-16-18-20-28-34-42(54)50-36-45(57)61-47-46(58)41(38-53)60-48(59-7-3)49(47,62-63(39-30-24-22-25-31-39)40-32-26-23-27-33-40)51-43(55)37-52(4)44(56)35-29-21-19-17-15-13-11-9-6-2/h22-27,30-33,41,46-48,53,58H,5-21,28-29,34-38H2,1-4H3,(H,50,54)(H,51,55)/t41-,46-,47+,48+,49-/m1/s1. The molecule has 2 aromatic carbocycles. The quantitative estimate of drug-likeness (QED) is 0.0247. The summed E-state index contributed by atoms with van der Waals surface area (Å²) in [4.78, 5) is 55.5. The van der Waals surface area contributed by atoms with Crippen LogP contribution >= 0.6 is 8.15 Å². The normalized spacial score (nSPS) is 19.7. The van der Waals surface area contributed by atoms with Gasteiger partial charge in [0.2, 0.25) is 29.7 Å². The molecule has 5 atom stereocenters. The summed E-state index contributed by atoms with van der Waals surface area (Å²) in [5.74, 6) is -2.12. The van der Waals surface area contributed by atoms with Gasteiger partial charge in [-0.2, -0.15) is 0 Å². The van der Waals surface area contributed by atoms with Crippen molar-refractivity contribution in [3.05, 3.63) is 60.7 Å². The van der Waals surface area contributed by atoms with Gasteiger partial charge in [0.15, 0.2) is 6.10 Å². The number of likely N-dealkylation sites (N-methyl/N-ethyl adjacent to an activating group) is 1. The summed E-state index contributed by atoms with van der Waals surface area (Å²) < 4.78 is 25.3. The molecule has 3 amide bonds. The molecule has 1 heterocycles. The third-order valence-electron chi connectivity index (χ3n) is 11.3. The van der Waals surface area contributed by atoms with E-state index in [4.69, 9.17) is 18.7 Å².